The van der Waals surface area contributed by atoms with Gasteiger partial charge in [0.05, 0.1) is 0 Å². The van der Waals surface area contributed by atoms with Gasteiger partial charge in [0.15, 0.2) is 6.10 Å². The zero-order valence-electron chi connectivity index (χ0n) is 14.1. The van der Waals surface area contributed by atoms with Gasteiger partial charge in [-0.1, -0.05) is 18.2 Å². The van der Waals surface area contributed by atoms with E-state index >= 15 is 0 Å². The Morgan fingerprint density at radius 2 is 1.67 bits per heavy atom. The van der Waals surface area contributed by atoms with E-state index in [4.69, 9.17) is 9.26 Å². The van der Waals surface area contributed by atoms with E-state index in [1.807, 2.05) is 63.2 Å². The van der Waals surface area contributed by atoms with Crippen LogP contribution >= 0.6 is 8.81 Å². The number of rotatable bonds is 7. The minimum atomic E-state index is -0.519. The zero-order valence-corrected chi connectivity index (χ0v) is 15.1. The Balaban J connectivity index is 0.00000288. The number of benzene rings is 2. The summed E-state index contributed by atoms with van der Waals surface area (Å²) < 4.78 is 11.2. The van der Waals surface area contributed by atoms with E-state index in [1.165, 1.54) is 0 Å². The molecule has 2 unspecified atom stereocenters. The second-order valence-electron chi connectivity index (χ2n) is 5.45. The fraction of sp³-hybridized carbons (Fsp3) is 0.316. The van der Waals surface area contributed by atoms with Crippen LogP contribution in [0.2, 0.25) is 0 Å². The van der Waals surface area contributed by atoms with Crippen molar-refractivity contribution in [1.29, 1.82) is 0 Å². The van der Waals surface area contributed by atoms with E-state index in [0.717, 1.165) is 22.0 Å². The summed E-state index contributed by atoms with van der Waals surface area (Å²) >= 11 is 0. The zero-order chi connectivity index (χ0) is 16.8. The minimum absolute atomic E-state index is 0. The van der Waals surface area contributed by atoms with Crippen molar-refractivity contribution in [3.05, 3.63) is 59.2 Å². The molecule has 0 radical (unpaired) electrons. The third-order valence-corrected chi connectivity index (χ3v) is 4.60. The van der Waals surface area contributed by atoms with Gasteiger partial charge < -0.3 is 9.26 Å². The normalized spacial score (nSPS) is 12.0. The van der Waals surface area contributed by atoms with Gasteiger partial charge in [-0.15, -0.1) is 0 Å². The number of ether oxygens (including phenoxy) is 1. The first-order chi connectivity index (χ1) is 11.0. The molecular weight excluding hydrogens is 314 g/mol. The molecule has 0 amide bonds. The molecule has 3 nitrogen and oxygen atoms in total. The Hall–Kier alpha value is -1.10. The van der Waals surface area contributed by atoms with Gasteiger partial charge >= 0.3 is 18.9 Å². The number of ketones is 1. The van der Waals surface area contributed by atoms with E-state index in [2.05, 4.69) is 0 Å². The van der Waals surface area contributed by atoms with Crippen molar-refractivity contribution < 1.29 is 14.1 Å². The summed E-state index contributed by atoms with van der Waals surface area (Å²) in [5, 5.41) is 1.12. The summed E-state index contributed by atoms with van der Waals surface area (Å²) in [5.74, 6) is 0.711. The Bertz CT molecular complexity index is 651. The number of carbonyl (C=O) groups excluding carboxylic acids is 1. The van der Waals surface area contributed by atoms with Gasteiger partial charge in [0, 0.05) is 21.0 Å². The number of Topliss-reactive ketones (excluding diaryl/α,β-unsaturated/α-hetero) is 1. The van der Waals surface area contributed by atoms with Crippen molar-refractivity contribution in [2.24, 2.45) is 0 Å². The van der Waals surface area contributed by atoms with Crippen molar-refractivity contribution in [3.63, 3.8) is 0 Å². The summed E-state index contributed by atoms with van der Waals surface area (Å²) in [7, 11) is 0.344. The molecule has 0 bridgehead atoms. The average molecular weight is 338 g/mol. The molecule has 2 aromatic rings. The van der Waals surface area contributed by atoms with Gasteiger partial charge in [-0.2, -0.15) is 0 Å². The molecule has 2 rings (SSSR count). The van der Waals surface area contributed by atoms with Crippen LogP contribution in [0.5, 0.6) is 5.75 Å². The predicted octanol–water partition coefficient (Wildman–Crippen LogP) is 3.56. The van der Waals surface area contributed by atoms with Crippen LogP contribution in [-0.2, 0) is 4.52 Å². The van der Waals surface area contributed by atoms with Gasteiger partial charge in [-0.25, -0.2) is 0 Å². The molecule has 0 aliphatic heterocycles. The third-order valence-electron chi connectivity index (χ3n) is 3.60. The van der Waals surface area contributed by atoms with E-state index in [0.29, 0.717) is 21.2 Å². The molecule has 0 aliphatic carbocycles. The molecule has 0 aliphatic rings. The van der Waals surface area contributed by atoms with Crippen LogP contribution in [0.3, 0.4) is 0 Å². The molecule has 0 fully saturated rings. The van der Waals surface area contributed by atoms with Crippen LogP contribution in [0.25, 0.3) is 0 Å². The summed E-state index contributed by atoms with van der Waals surface area (Å²) in [6.07, 6.45) is -0.519. The topological polar surface area (TPSA) is 35.5 Å². The van der Waals surface area contributed by atoms with Gasteiger partial charge in [0.2, 0.25) is 5.78 Å². The fourth-order valence-electron chi connectivity index (χ4n) is 2.42. The van der Waals surface area contributed by atoms with Gasteiger partial charge in [-0.3, -0.25) is 4.79 Å². The predicted molar refractivity (Wildman–Crippen MR) is 104 cm³/mol. The van der Waals surface area contributed by atoms with Gasteiger partial charge in [-0.05, 0) is 68.4 Å². The number of hydrogen-bond donors (Lipinski definition) is 0. The van der Waals surface area contributed by atoms with Crippen molar-refractivity contribution in [2.75, 3.05) is 6.61 Å². The average Bonchev–Trinajstić information content (AvgIpc) is 2.54. The Morgan fingerprint density at radius 1 is 1.08 bits per heavy atom. The molecule has 0 aromatic heterocycles. The fourth-order valence-corrected chi connectivity index (χ4v) is 3.03. The van der Waals surface area contributed by atoms with E-state index < -0.39 is 6.10 Å². The molecule has 0 saturated carbocycles. The molecule has 2 aromatic carbocycles. The first-order valence-electron chi connectivity index (χ1n) is 7.78. The van der Waals surface area contributed by atoms with Crippen molar-refractivity contribution in [3.8, 4) is 5.75 Å². The van der Waals surface area contributed by atoms with Crippen LogP contribution < -0.4 is 10.0 Å². The third kappa shape index (κ3) is 5.47. The van der Waals surface area contributed by atoms with Crippen LogP contribution in [0, 0.1) is 13.8 Å². The Morgan fingerprint density at radius 3 is 2.21 bits per heavy atom. The summed E-state index contributed by atoms with van der Waals surface area (Å²) in [6.45, 7) is 8.39. The molecular formula is C19H24LiO3P. The second kappa shape index (κ2) is 10.0. The van der Waals surface area contributed by atoms with Crippen molar-refractivity contribution in [1.82, 2.24) is 0 Å². The summed E-state index contributed by atoms with van der Waals surface area (Å²) in [5.41, 5.74) is 2.73. The SMILES string of the molecule is CCOPc1ccc(OC(C)C(=O)c2c(C)cccc2C)cc1.[LiH]. The summed E-state index contributed by atoms with van der Waals surface area (Å²) in [6, 6.07) is 13.6. The van der Waals surface area contributed by atoms with Crippen LogP contribution in [0.1, 0.15) is 35.3 Å². The van der Waals surface area contributed by atoms with E-state index in [9.17, 15) is 4.79 Å². The number of aryl methyl sites for hydroxylation is 2. The monoisotopic (exact) mass is 338 g/mol. The van der Waals surface area contributed by atoms with Crippen molar-refractivity contribution >= 4 is 38.8 Å². The maximum atomic E-state index is 12.7. The number of carbonyl (C=O) groups is 1. The quantitative estimate of drug-likeness (QED) is 0.440. The Kier molecular flexibility index (Phi) is 8.74. The maximum absolute atomic E-state index is 12.7. The second-order valence-corrected chi connectivity index (χ2v) is 6.52. The van der Waals surface area contributed by atoms with E-state index in [-0.39, 0.29) is 24.6 Å². The molecule has 5 heteroatoms. The molecule has 0 heterocycles. The van der Waals surface area contributed by atoms with Crippen LogP contribution in [0.15, 0.2) is 42.5 Å². The molecule has 2 atom stereocenters. The van der Waals surface area contributed by atoms with E-state index in [1.54, 1.807) is 6.92 Å². The number of hydrogen-bond acceptors (Lipinski definition) is 3. The van der Waals surface area contributed by atoms with Crippen molar-refractivity contribution in [2.45, 2.75) is 33.8 Å². The Labute approximate surface area is 158 Å². The molecule has 124 valence electrons. The molecule has 24 heavy (non-hydrogen) atoms. The first-order valence-corrected chi connectivity index (χ1v) is 8.68. The van der Waals surface area contributed by atoms with Crippen LogP contribution in [0.4, 0.5) is 0 Å². The van der Waals surface area contributed by atoms with Gasteiger partial charge in [0.25, 0.3) is 0 Å². The molecule has 0 saturated heterocycles. The molecule has 0 spiro atoms. The summed E-state index contributed by atoms with van der Waals surface area (Å²) in [4.78, 5) is 12.7. The van der Waals surface area contributed by atoms with Gasteiger partial charge in [0.1, 0.15) is 5.75 Å². The molecule has 0 N–H and O–H groups in total. The van der Waals surface area contributed by atoms with Crippen LogP contribution in [-0.4, -0.2) is 37.4 Å². The standard InChI is InChI=1S/C19H23O3P.Li.H/c1-5-21-23-17-11-9-16(10-12-17)22-15(4)19(20)18-13(2)7-6-8-14(18)3;;/h6-12,15,23H,5H2,1-4H3;;. The first kappa shape index (κ1) is 20.9.